The molecule has 6 rings (SSSR count). The predicted octanol–water partition coefficient (Wildman–Crippen LogP) is 5.80. The molecule has 0 aliphatic heterocycles. The van der Waals surface area contributed by atoms with Crippen LogP contribution in [0, 0.1) is 5.92 Å². The van der Waals surface area contributed by atoms with Gasteiger partial charge in [-0.25, -0.2) is 0 Å². The third-order valence-corrected chi connectivity index (χ3v) is 7.79. The van der Waals surface area contributed by atoms with Gasteiger partial charge in [0.05, 0.1) is 5.69 Å². The highest BCUT2D eigenvalue weighted by Crippen LogP contribution is 2.39. The Labute approximate surface area is 190 Å². The molecule has 2 heterocycles. The van der Waals surface area contributed by atoms with E-state index < -0.39 is 0 Å². The van der Waals surface area contributed by atoms with Crippen LogP contribution in [0.25, 0.3) is 44.0 Å². The SMILES string of the molecule is BC(B)(c1ccnc(-c2ccc3c(c2)oc2ccc4ccccc4c23)c1)C1CCCCC1. The Hall–Kier alpha value is -3.00. The molecule has 4 heteroatoms. The minimum atomic E-state index is 0.167. The van der Waals surface area contributed by atoms with Gasteiger partial charge < -0.3 is 4.42 Å². The van der Waals surface area contributed by atoms with Crippen molar-refractivity contribution in [3.05, 3.63) is 78.5 Å². The van der Waals surface area contributed by atoms with Crippen LogP contribution in [0.1, 0.15) is 37.7 Å². The molecule has 5 aromatic rings. The van der Waals surface area contributed by atoms with E-state index in [1.807, 2.05) is 6.20 Å². The monoisotopic (exact) mass is 415 g/mol. The van der Waals surface area contributed by atoms with Gasteiger partial charge in [0.15, 0.2) is 0 Å². The van der Waals surface area contributed by atoms with Crippen LogP contribution in [0.5, 0.6) is 0 Å². The van der Waals surface area contributed by atoms with Gasteiger partial charge in [0.25, 0.3) is 0 Å². The predicted molar refractivity (Wildman–Crippen MR) is 140 cm³/mol. The first-order chi connectivity index (χ1) is 15.6. The van der Waals surface area contributed by atoms with E-state index in [1.165, 1.54) is 59.2 Å². The lowest BCUT2D eigenvalue weighted by atomic mass is 9.43. The number of fused-ring (bicyclic) bond motifs is 5. The lowest BCUT2D eigenvalue weighted by Crippen LogP contribution is -2.37. The number of furan rings is 1. The van der Waals surface area contributed by atoms with Crippen LogP contribution in [0.15, 0.2) is 77.3 Å². The minimum absolute atomic E-state index is 0.167. The summed E-state index contributed by atoms with van der Waals surface area (Å²) in [6.45, 7) is 0. The molecule has 1 fully saturated rings. The second-order valence-corrected chi connectivity index (χ2v) is 9.96. The number of hydrogen-bond acceptors (Lipinski definition) is 2. The average Bonchev–Trinajstić information content (AvgIpc) is 3.23. The van der Waals surface area contributed by atoms with Crippen LogP contribution in [0.4, 0.5) is 0 Å². The van der Waals surface area contributed by atoms with Crippen molar-refractivity contribution in [1.82, 2.24) is 4.98 Å². The van der Waals surface area contributed by atoms with Gasteiger partial charge in [-0.3, -0.25) is 4.98 Å². The number of benzene rings is 3. The maximum absolute atomic E-state index is 6.29. The molecule has 156 valence electrons. The second-order valence-electron chi connectivity index (χ2n) is 9.96. The number of hydrogen-bond donors (Lipinski definition) is 0. The van der Waals surface area contributed by atoms with E-state index in [0.29, 0.717) is 0 Å². The molecule has 1 aliphatic carbocycles. The van der Waals surface area contributed by atoms with Crippen LogP contribution >= 0.6 is 0 Å². The highest BCUT2D eigenvalue weighted by molar-refractivity contribution is 6.40. The first kappa shape index (κ1) is 19.7. The molecule has 0 bridgehead atoms. The molecule has 1 aliphatic rings. The molecule has 0 radical (unpaired) electrons. The molecule has 0 N–H and O–H groups in total. The molecular formula is C28H27B2NO. The van der Waals surface area contributed by atoms with Crippen LogP contribution in [0.2, 0.25) is 0 Å². The number of pyridine rings is 1. The molecule has 2 aromatic heterocycles. The molecule has 0 amide bonds. The van der Waals surface area contributed by atoms with E-state index in [0.717, 1.165) is 28.3 Å². The first-order valence-corrected chi connectivity index (χ1v) is 11.9. The zero-order valence-electron chi connectivity index (χ0n) is 18.9. The van der Waals surface area contributed by atoms with Gasteiger partial charge in [-0.05, 0) is 47.0 Å². The second kappa shape index (κ2) is 7.55. The first-order valence-electron chi connectivity index (χ1n) is 11.9. The summed E-state index contributed by atoms with van der Waals surface area (Å²) in [5.74, 6) is 0.748. The van der Waals surface area contributed by atoms with Gasteiger partial charge in [-0.1, -0.05) is 79.3 Å². The Balaban J connectivity index is 1.44. The summed E-state index contributed by atoms with van der Waals surface area (Å²) < 4.78 is 6.29. The Morgan fingerprint density at radius 2 is 1.66 bits per heavy atom. The highest BCUT2D eigenvalue weighted by Gasteiger charge is 2.32. The molecule has 32 heavy (non-hydrogen) atoms. The largest absolute Gasteiger partial charge is 0.456 e. The van der Waals surface area contributed by atoms with Crippen LogP contribution in [-0.2, 0) is 5.21 Å². The van der Waals surface area contributed by atoms with E-state index in [1.54, 1.807) is 0 Å². The maximum Gasteiger partial charge on any atom is 0.136 e. The van der Waals surface area contributed by atoms with Gasteiger partial charge in [-0.2, -0.15) is 0 Å². The lowest BCUT2D eigenvalue weighted by molar-refractivity contribution is 0.327. The Kier molecular flexibility index (Phi) is 4.64. The highest BCUT2D eigenvalue weighted by atomic mass is 16.3. The summed E-state index contributed by atoms with van der Waals surface area (Å²) in [5.41, 5.74) is 5.40. The van der Waals surface area contributed by atoms with Crippen molar-refractivity contribution in [2.45, 2.75) is 37.3 Å². The fourth-order valence-corrected chi connectivity index (χ4v) is 5.75. The van der Waals surface area contributed by atoms with Crippen LogP contribution < -0.4 is 0 Å². The third-order valence-electron chi connectivity index (χ3n) is 7.79. The number of rotatable bonds is 3. The van der Waals surface area contributed by atoms with E-state index in [-0.39, 0.29) is 5.21 Å². The van der Waals surface area contributed by atoms with Gasteiger partial charge >= 0.3 is 0 Å². The summed E-state index contributed by atoms with van der Waals surface area (Å²) in [6, 6.07) is 23.8. The van der Waals surface area contributed by atoms with Crippen molar-refractivity contribution in [3.63, 3.8) is 0 Å². The molecule has 3 aromatic carbocycles. The lowest BCUT2D eigenvalue weighted by Gasteiger charge is -2.38. The maximum atomic E-state index is 6.29. The zero-order chi connectivity index (χ0) is 21.7. The van der Waals surface area contributed by atoms with E-state index in [4.69, 9.17) is 9.40 Å². The molecule has 0 unspecified atom stereocenters. The summed E-state index contributed by atoms with van der Waals surface area (Å²) in [5, 5.41) is 5.02. The van der Waals surface area contributed by atoms with Crippen molar-refractivity contribution in [2.75, 3.05) is 0 Å². The van der Waals surface area contributed by atoms with Crippen molar-refractivity contribution < 1.29 is 4.42 Å². The van der Waals surface area contributed by atoms with E-state index >= 15 is 0 Å². The van der Waals surface area contributed by atoms with Crippen molar-refractivity contribution in [1.29, 1.82) is 0 Å². The normalized spacial score (nSPS) is 15.6. The summed E-state index contributed by atoms with van der Waals surface area (Å²) in [7, 11) is 4.82. The molecule has 1 saturated carbocycles. The van der Waals surface area contributed by atoms with Gasteiger partial charge in [-0.15, -0.1) is 0 Å². The smallest absolute Gasteiger partial charge is 0.136 e. The average molecular weight is 415 g/mol. The van der Waals surface area contributed by atoms with E-state index in [2.05, 4.69) is 82.4 Å². The molecule has 0 atom stereocenters. The fraction of sp³-hybridized carbons (Fsp3) is 0.250. The fourth-order valence-electron chi connectivity index (χ4n) is 5.75. The van der Waals surface area contributed by atoms with Crippen molar-refractivity contribution >= 4 is 48.4 Å². The third kappa shape index (κ3) is 3.16. The van der Waals surface area contributed by atoms with Gasteiger partial charge in [0.2, 0.25) is 0 Å². The standard InChI is InChI=1S/C28H27B2NO/c29-28(30,20-7-2-1-3-8-20)21-14-15-31-24(17-21)19-10-12-23-26(16-19)32-25-13-11-18-6-4-5-9-22(18)27(23)25/h4-6,9-17,20H,1-3,7-8,29-30H2. The van der Waals surface area contributed by atoms with Gasteiger partial charge in [0, 0.05) is 22.5 Å². The topological polar surface area (TPSA) is 26.0 Å². The molecule has 0 spiro atoms. The molecular weight excluding hydrogens is 388 g/mol. The Morgan fingerprint density at radius 3 is 2.53 bits per heavy atom. The summed E-state index contributed by atoms with van der Waals surface area (Å²) in [6.07, 6.45) is 8.77. The number of aromatic nitrogens is 1. The number of nitrogens with zero attached hydrogens (tertiary/aromatic N) is 1. The van der Waals surface area contributed by atoms with Gasteiger partial charge in [0.1, 0.15) is 26.9 Å². The molecule has 2 nitrogen and oxygen atoms in total. The van der Waals surface area contributed by atoms with Crippen LogP contribution in [0.3, 0.4) is 0 Å². The van der Waals surface area contributed by atoms with Crippen LogP contribution in [-0.4, -0.2) is 20.7 Å². The minimum Gasteiger partial charge on any atom is -0.456 e. The van der Waals surface area contributed by atoms with Crippen molar-refractivity contribution in [2.24, 2.45) is 5.92 Å². The quantitative estimate of drug-likeness (QED) is 0.348. The van der Waals surface area contributed by atoms with E-state index in [9.17, 15) is 0 Å². The zero-order valence-corrected chi connectivity index (χ0v) is 18.9. The Bertz CT molecular complexity index is 1450. The summed E-state index contributed by atoms with van der Waals surface area (Å²) >= 11 is 0. The van der Waals surface area contributed by atoms with Crippen molar-refractivity contribution in [3.8, 4) is 11.3 Å². The summed E-state index contributed by atoms with van der Waals surface area (Å²) in [4.78, 5) is 4.74. The molecule has 0 saturated heterocycles. The Morgan fingerprint density at radius 1 is 0.812 bits per heavy atom.